The first-order valence-corrected chi connectivity index (χ1v) is 7.61. The lowest BCUT2D eigenvalue weighted by molar-refractivity contribution is 0.403. The summed E-state index contributed by atoms with van der Waals surface area (Å²) in [6.45, 7) is 2.52. The van der Waals surface area contributed by atoms with Crippen LogP contribution in [-0.4, -0.2) is 23.6 Å². The maximum Gasteiger partial charge on any atom is 0.260 e. The lowest BCUT2D eigenvalue weighted by Crippen LogP contribution is -2.04. The van der Waals surface area contributed by atoms with Gasteiger partial charge in [0.2, 0.25) is 11.8 Å². The Morgan fingerprint density at radius 3 is 2.57 bits per heavy atom. The Labute approximate surface area is 138 Å². The van der Waals surface area contributed by atoms with Gasteiger partial charge in [-0.15, -0.1) is 0 Å². The van der Waals surface area contributed by atoms with Gasteiger partial charge >= 0.3 is 0 Å². The molecule has 0 unspecified atom stereocenters. The first kappa shape index (κ1) is 16.0. The third-order valence-electron chi connectivity index (χ3n) is 2.46. The molecule has 0 saturated carbocycles. The van der Waals surface area contributed by atoms with Crippen LogP contribution in [0.5, 0.6) is 17.4 Å². The molecule has 112 valence electrons. The van der Waals surface area contributed by atoms with Crippen LogP contribution in [0.4, 0.5) is 10.3 Å². The molecular formula is C13H12Br2FN3O2. The van der Waals surface area contributed by atoms with E-state index in [1.165, 1.54) is 0 Å². The van der Waals surface area contributed by atoms with Crippen molar-refractivity contribution in [1.29, 1.82) is 0 Å². The topological polar surface area (TPSA) is 56.3 Å². The van der Waals surface area contributed by atoms with Crippen molar-refractivity contribution in [2.24, 2.45) is 0 Å². The van der Waals surface area contributed by atoms with Gasteiger partial charge in [-0.2, -0.15) is 9.37 Å². The van der Waals surface area contributed by atoms with Crippen LogP contribution in [-0.2, 0) is 0 Å². The molecule has 21 heavy (non-hydrogen) atoms. The van der Waals surface area contributed by atoms with E-state index in [2.05, 4.69) is 47.1 Å². The molecule has 0 fully saturated rings. The van der Waals surface area contributed by atoms with Gasteiger partial charge in [-0.3, -0.25) is 0 Å². The zero-order valence-electron chi connectivity index (χ0n) is 11.3. The van der Waals surface area contributed by atoms with E-state index in [1.807, 2.05) is 6.92 Å². The second-order valence-electron chi connectivity index (χ2n) is 3.90. The Balaban J connectivity index is 2.33. The Kier molecular flexibility index (Phi) is 5.35. The fraction of sp³-hybridized carbons (Fsp3) is 0.231. The lowest BCUT2D eigenvalue weighted by atomic mass is 10.3. The van der Waals surface area contributed by atoms with E-state index < -0.39 is 5.82 Å². The van der Waals surface area contributed by atoms with E-state index in [9.17, 15) is 4.39 Å². The van der Waals surface area contributed by atoms with Crippen LogP contribution < -0.4 is 14.8 Å². The van der Waals surface area contributed by atoms with Gasteiger partial charge in [-0.05, 0) is 50.9 Å². The molecule has 0 aliphatic rings. The summed E-state index contributed by atoms with van der Waals surface area (Å²) in [6, 6.07) is 3.38. The number of nitrogens with zero attached hydrogens (tertiary/aromatic N) is 2. The maximum atomic E-state index is 13.7. The molecule has 1 aromatic carbocycles. The molecule has 2 rings (SSSR count). The SMILES string of the molecule is CCNc1ncc(F)c(Oc2cc(Br)c(OC)cc2Br)n1. The van der Waals surface area contributed by atoms with Crippen LogP contribution in [0.25, 0.3) is 0 Å². The summed E-state index contributed by atoms with van der Waals surface area (Å²) in [5.74, 6) is 0.542. The summed E-state index contributed by atoms with van der Waals surface area (Å²) in [5.41, 5.74) is 0. The normalized spacial score (nSPS) is 10.3. The highest BCUT2D eigenvalue weighted by Gasteiger charge is 2.14. The van der Waals surface area contributed by atoms with Crippen molar-refractivity contribution in [2.45, 2.75) is 6.92 Å². The number of anilines is 1. The highest BCUT2D eigenvalue weighted by atomic mass is 79.9. The number of benzene rings is 1. The first-order valence-electron chi connectivity index (χ1n) is 6.02. The number of ether oxygens (including phenoxy) is 2. The summed E-state index contributed by atoms with van der Waals surface area (Å²) in [6.07, 6.45) is 1.06. The molecule has 0 atom stereocenters. The number of hydrogen-bond acceptors (Lipinski definition) is 5. The average Bonchev–Trinajstić information content (AvgIpc) is 2.46. The minimum atomic E-state index is -0.643. The smallest absolute Gasteiger partial charge is 0.260 e. The molecule has 0 bridgehead atoms. The summed E-state index contributed by atoms with van der Waals surface area (Å²) >= 11 is 6.69. The van der Waals surface area contributed by atoms with Crippen molar-refractivity contribution >= 4 is 37.8 Å². The standard InChI is InChI=1S/C13H12Br2FN3O2/c1-3-17-13-18-6-9(16)12(19-13)21-11-5-7(14)10(20-2)4-8(11)15/h4-6H,3H2,1-2H3,(H,17,18,19). The minimum Gasteiger partial charge on any atom is -0.496 e. The molecule has 1 N–H and O–H groups in total. The van der Waals surface area contributed by atoms with Crippen LogP contribution in [0.2, 0.25) is 0 Å². The van der Waals surface area contributed by atoms with E-state index in [1.54, 1.807) is 19.2 Å². The van der Waals surface area contributed by atoms with Crippen LogP contribution in [0.3, 0.4) is 0 Å². The molecule has 5 nitrogen and oxygen atoms in total. The number of hydrogen-bond donors (Lipinski definition) is 1. The van der Waals surface area contributed by atoms with Gasteiger partial charge < -0.3 is 14.8 Å². The Hall–Kier alpha value is -1.41. The zero-order chi connectivity index (χ0) is 15.4. The summed E-state index contributed by atoms with van der Waals surface area (Å²) in [7, 11) is 1.56. The molecule has 0 spiro atoms. The second kappa shape index (κ2) is 7.04. The molecule has 8 heteroatoms. The van der Waals surface area contributed by atoms with Crippen molar-refractivity contribution in [1.82, 2.24) is 9.97 Å². The van der Waals surface area contributed by atoms with Gasteiger partial charge in [-0.25, -0.2) is 4.98 Å². The molecule has 0 aliphatic carbocycles. The molecule has 0 amide bonds. The average molecular weight is 421 g/mol. The highest BCUT2D eigenvalue weighted by Crippen LogP contribution is 2.38. The first-order chi connectivity index (χ1) is 10.0. The summed E-state index contributed by atoms with van der Waals surface area (Å²) in [5, 5.41) is 2.90. The van der Waals surface area contributed by atoms with Crippen molar-refractivity contribution in [2.75, 3.05) is 19.0 Å². The summed E-state index contributed by atoms with van der Waals surface area (Å²) < 4.78 is 25.7. The predicted octanol–water partition coefficient (Wildman–Crippen LogP) is 4.37. The monoisotopic (exact) mass is 419 g/mol. The molecule has 0 saturated heterocycles. The van der Waals surface area contributed by atoms with Crippen LogP contribution in [0.15, 0.2) is 27.3 Å². The fourth-order valence-corrected chi connectivity index (χ4v) is 2.40. The lowest BCUT2D eigenvalue weighted by Gasteiger charge is -2.11. The molecule has 0 radical (unpaired) electrons. The molecular weight excluding hydrogens is 409 g/mol. The number of halogens is 3. The van der Waals surface area contributed by atoms with Gasteiger partial charge in [0.25, 0.3) is 5.88 Å². The van der Waals surface area contributed by atoms with Gasteiger partial charge in [0.05, 0.1) is 22.3 Å². The van der Waals surface area contributed by atoms with Gasteiger partial charge in [-0.1, -0.05) is 0 Å². The second-order valence-corrected chi connectivity index (χ2v) is 5.60. The van der Waals surface area contributed by atoms with E-state index >= 15 is 0 Å². The van der Waals surface area contributed by atoms with Crippen molar-refractivity contribution < 1.29 is 13.9 Å². The van der Waals surface area contributed by atoms with Crippen LogP contribution >= 0.6 is 31.9 Å². The number of nitrogens with one attached hydrogen (secondary N) is 1. The molecule has 0 aliphatic heterocycles. The Morgan fingerprint density at radius 2 is 1.90 bits per heavy atom. The van der Waals surface area contributed by atoms with Crippen LogP contribution in [0, 0.1) is 5.82 Å². The minimum absolute atomic E-state index is 0.154. The van der Waals surface area contributed by atoms with Crippen molar-refractivity contribution in [3.8, 4) is 17.4 Å². The van der Waals surface area contributed by atoms with E-state index in [4.69, 9.17) is 9.47 Å². The third kappa shape index (κ3) is 3.82. The Bertz CT molecular complexity index is 656. The molecule has 2 aromatic rings. The number of methoxy groups -OCH3 is 1. The quantitative estimate of drug-likeness (QED) is 0.778. The maximum absolute atomic E-state index is 13.7. The summed E-state index contributed by atoms with van der Waals surface area (Å²) in [4.78, 5) is 7.80. The van der Waals surface area contributed by atoms with Crippen molar-refractivity contribution in [3.05, 3.63) is 33.1 Å². The third-order valence-corrected chi connectivity index (χ3v) is 3.70. The molecule has 1 aromatic heterocycles. The zero-order valence-corrected chi connectivity index (χ0v) is 14.5. The van der Waals surface area contributed by atoms with Crippen LogP contribution in [0.1, 0.15) is 6.92 Å². The van der Waals surface area contributed by atoms with E-state index in [0.717, 1.165) is 6.20 Å². The fourth-order valence-electron chi connectivity index (χ4n) is 1.52. The largest absolute Gasteiger partial charge is 0.496 e. The van der Waals surface area contributed by atoms with Gasteiger partial charge in [0.1, 0.15) is 11.5 Å². The predicted molar refractivity (Wildman–Crippen MR) is 84.6 cm³/mol. The Morgan fingerprint density at radius 1 is 1.24 bits per heavy atom. The van der Waals surface area contributed by atoms with Gasteiger partial charge in [0, 0.05) is 6.54 Å². The molecule has 1 heterocycles. The van der Waals surface area contributed by atoms with E-state index in [0.29, 0.717) is 32.9 Å². The van der Waals surface area contributed by atoms with Crippen molar-refractivity contribution in [3.63, 3.8) is 0 Å². The van der Waals surface area contributed by atoms with E-state index in [-0.39, 0.29) is 5.88 Å². The number of rotatable bonds is 5. The highest BCUT2D eigenvalue weighted by molar-refractivity contribution is 9.11. The number of aromatic nitrogens is 2. The van der Waals surface area contributed by atoms with Gasteiger partial charge in [0.15, 0.2) is 0 Å².